The molecule has 0 aromatic heterocycles. The largest absolute Gasteiger partial charge is 0.482 e. The van der Waals surface area contributed by atoms with E-state index in [2.05, 4.69) is 19.2 Å². The number of amides is 2. The molecule has 5 nitrogen and oxygen atoms in total. The normalized spacial score (nSPS) is 24.9. The van der Waals surface area contributed by atoms with Crippen molar-refractivity contribution in [2.24, 2.45) is 11.8 Å². The standard InChI is InChI=1S/C16H20N2O3/c1-10-5-11(2)8-18(7-10)16(20)12-3-4-13-14(6-12)21-9-15(19)17-13/h3-4,6,10-11H,5,7-9H2,1-2H3,(H,17,19). The van der Waals surface area contributed by atoms with Gasteiger partial charge in [0.25, 0.3) is 11.8 Å². The molecule has 1 aromatic rings. The second-order valence-corrected chi connectivity index (χ2v) is 6.20. The summed E-state index contributed by atoms with van der Waals surface area (Å²) in [6, 6.07) is 5.21. The van der Waals surface area contributed by atoms with E-state index in [1.165, 1.54) is 6.42 Å². The first-order valence-corrected chi connectivity index (χ1v) is 7.39. The van der Waals surface area contributed by atoms with Crippen LogP contribution in [-0.4, -0.2) is 36.4 Å². The van der Waals surface area contributed by atoms with E-state index in [9.17, 15) is 9.59 Å². The van der Waals surface area contributed by atoms with Gasteiger partial charge in [0.05, 0.1) is 5.69 Å². The minimum atomic E-state index is -0.166. The van der Waals surface area contributed by atoms with Crippen LogP contribution in [0, 0.1) is 11.8 Å². The second-order valence-electron chi connectivity index (χ2n) is 6.20. The van der Waals surface area contributed by atoms with Crippen molar-refractivity contribution in [2.75, 3.05) is 25.0 Å². The second kappa shape index (κ2) is 5.39. The number of rotatable bonds is 1. The third-order valence-corrected chi connectivity index (χ3v) is 4.02. The zero-order valence-electron chi connectivity index (χ0n) is 12.4. The van der Waals surface area contributed by atoms with Crippen molar-refractivity contribution in [1.82, 2.24) is 4.90 Å². The summed E-state index contributed by atoms with van der Waals surface area (Å²) in [6.07, 6.45) is 1.17. The summed E-state index contributed by atoms with van der Waals surface area (Å²) in [5, 5.41) is 2.73. The van der Waals surface area contributed by atoms with Gasteiger partial charge in [0, 0.05) is 18.7 Å². The fourth-order valence-electron chi connectivity index (χ4n) is 3.22. The number of carbonyl (C=O) groups excluding carboxylic acids is 2. The fourth-order valence-corrected chi connectivity index (χ4v) is 3.22. The quantitative estimate of drug-likeness (QED) is 0.861. The van der Waals surface area contributed by atoms with Crippen LogP contribution in [-0.2, 0) is 4.79 Å². The molecule has 21 heavy (non-hydrogen) atoms. The van der Waals surface area contributed by atoms with Crippen LogP contribution < -0.4 is 10.1 Å². The van der Waals surface area contributed by atoms with E-state index in [1.54, 1.807) is 18.2 Å². The van der Waals surface area contributed by atoms with Crippen molar-refractivity contribution in [3.05, 3.63) is 23.8 Å². The van der Waals surface area contributed by atoms with Crippen LogP contribution in [0.15, 0.2) is 18.2 Å². The highest BCUT2D eigenvalue weighted by atomic mass is 16.5. The van der Waals surface area contributed by atoms with E-state index in [4.69, 9.17) is 4.74 Å². The molecule has 3 rings (SSSR count). The zero-order valence-corrected chi connectivity index (χ0v) is 12.4. The molecule has 1 fully saturated rings. The summed E-state index contributed by atoms with van der Waals surface area (Å²) in [7, 11) is 0. The minimum absolute atomic E-state index is 0.00241. The molecule has 0 spiro atoms. The summed E-state index contributed by atoms with van der Waals surface area (Å²) >= 11 is 0. The van der Waals surface area contributed by atoms with Gasteiger partial charge in [0.15, 0.2) is 6.61 Å². The van der Waals surface area contributed by atoms with Gasteiger partial charge in [-0.05, 0) is 36.5 Å². The van der Waals surface area contributed by atoms with Gasteiger partial charge in [-0.25, -0.2) is 0 Å². The molecule has 0 aliphatic carbocycles. The third kappa shape index (κ3) is 2.86. The van der Waals surface area contributed by atoms with Crippen LogP contribution in [0.25, 0.3) is 0 Å². The van der Waals surface area contributed by atoms with Crippen LogP contribution in [0.5, 0.6) is 5.75 Å². The zero-order chi connectivity index (χ0) is 15.0. The van der Waals surface area contributed by atoms with Gasteiger partial charge in [0.2, 0.25) is 0 Å². The van der Waals surface area contributed by atoms with E-state index in [0.717, 1.165) is 13.1 Å². The Kier molecular flexibility index (Phi) is 3.57. The topological polar surface area (TPSA) is 58.6 Å². The number of hydrogen-bond acceptors (Lipinski definition) is 3. The molecular weight excluding hydrogens is 268 g/mol. The van der Waals surface area contributed by atoms with E-state index in [0.29, 0.717) is 28.8 Å². The number of nitrogens with one attached hydrogen (secondary N) is 1. The number of ether oxygens (including phenoxy) is 1. The Balaban J connectivity index is 1.80. The van der Waals surface area contributed by atoms with Crippen LogP contribution in [0.2, 0.25) is 0 Å². The lowest BCUT2D eigenvalue weighted by Gasteiger charge is -2.35. The number of fused-ring (bicyclic) bond motifs is 1. The summed E-state index contributed by atoms with van der Waals surface area (Å²) < 4.78 is 5.37. The van der Waals surface area contributed by atoms with Crippen molar-refractivity contribution in [3.8, 4) is 5.75 Å². The number of carbonyl (C=O) groups is 2. The molecule has 1 N–H and O–H groups in total. The molecule has 2 heterocycles. The van der Waals surface area contributed by atoms with Crippen molar-refractivity contribution in [1.29, 1.82) is 0 Å². The van der Waals surface area contributed by atoms with Crippen LogP contribution in [0.1, 0.15) is 30.6 Å². The van der Waals surface area contributed by atoms with Gasteiger partial charge < -0.3 is 15.0 Å². The minimum Gasteiger partial charge on any atom is -0.482 e. The van der Waals surface area contributed by atoms with Crippen molar-refractivity contribution < 1.29 is 14.3 Å². The van der Waals surface area contributed by atoms with Crippen molar-refractivity contribution in [3.63, 3.8) is 0 Å². The van der Waals surface area contributed by atoms with Gasteiger partial charge in [0.1, 0.15) is 5.75 Å². The molecule has 2 aliphatic rings. The Morgan fingerprint density at radius 3 is 2.71 bits per heavy atom. The van der Waals surface area contributed by atoms with Gasteiger partial charge in [-0.1, -0.05) is 13.8 Å². The van der Waals surface area contributed by atoms with E-state index < -0.39 is 0 Å². The van der Waals surface area contributed by atoms with Gasteiger partial charge in [-0.15, -0.1) is 0 Å². The number of nitrogens with zero attached hydrogens (tertiary/aromatic N) is 1. The molecule has 5 heteroatoms. The predicted octanol–water partition coefficient (Wildman–Crippen LogP) is 2.14. The highest BCUT2D eigenvalue weighted by molar-refractivity contribution is 5.99. The Morgan fingerprint density at radius 2 is 2.00 bits per heavy atom. The lowest BCUT2D eigenvalue weighted by molar-refractivity contribution is -0.118. The first-order valence-electron chi connectivity index (χ1n) is 7.39. The Morgan fingerprint density at radius 1 is 1.29 bits per heavy atom. The maximum atomic E-state index is 12.6. The first-order chi connectivity index (χ1) is 10.0. The molecule has 1 saturated heterocycles. The Bertz CT molecular complexity index is 575. The molecule has 1 aromatic carbocycles. The van der Waals surface area contributed by atoms with Crippen molar-refractivity contribution >= 4 is 17.5 Å². The average Bonchev–Trinajstić information content (AvgIpc) is 2.45. The van der Waals surface area contributed by atoms with Crippen LogP contribution in [0.3, 0.4) is 0 Å². The molecule has 2 aliphatic heterocycles. The number of piperidine rings is 1. The first kappa shape index (κ1) is 13.9. The highest BCUT2D eigenvalue weighted by Crippen LogP contribution is 2.30. The van der Waals surface area contributed by atoms with Gasteiger partial charge in [-0.3, -0.25) is 9.59 Å². The van der Waals surface area contributed by atoms with Gasteiger partial charge in [-0.2, -0.15) is 0 Å². The summed E-state index contributed by atoms with van der Waals surface area (Å²) in [5.41, 5.74) is 1.24. The van der Waals surface area contributed by atoms with Crippen LogP contribution >= 0.6 is 0 Å². The Labute approximate surface area is 124 Å². The smallest absolute Gasteiger partial charge is 0.262 e. The molecule has 0 radical (unpaired) electrons. The molecule has 2 unspecified atom stereocenters. The Hall–Kier alpha value is -2.04. The SMILES string of the molecule is CC1CC(C)CN(C(=O)c2ccc3c(c2)OCC(=O)N3)C1. The highest BCUT2D eigenvalue weighted by Gasteiger charge is 2.27. The fraction of sp³-hybridized carbons (Fsp3) is 0.500. The van der Waals surface area contributed by atoms with Gasteiger partial charge >= 0.3 is 0 Å². The van der Waals surface area contributed by atoms with Crippen molar-refractivity contribution in [2.45, 2.75) is 20.3 Å². The van der Waals surface area contributed by atoms with E-state index >= 15 is 0 Å². The molecule has 2 atom stereocenters. The molecule has 112 valence electrons. The molecular formula is C16H20N2O3. The summed E-state index contributed by atoms with van der Waals surface area (Å²) in [5.74, 6) is 1.51. The summed E-state index contributed by atoms with van der Waals surface area (Å²) in [6.45, 7) is 5.97. The lowest BCUT2D eigenvalue weighted by atomic mass is 9.91. The molecule has 0 saturated carbocycles. The summed E-state index contributed by atoms with van der Waals surface area (Å²) in [4.78, 5) is 25.8. The van der Waals surface area contributed by atoms with E-state index in [-0.39, 0.29) is 18.4 Å². The van der Waals surface area contributed by atoms with E-state index in [1.807, 2.05) is 4.90 Å². The lowest BCUT2D eigenvalue weighted by Crippen LogP contribution is -2.42. The average molecular weight is 288 g/mol. The number of benzene rings is 1. The maximum absolute atomic E-state index is 12.6. The number of anilines is 1. The predicted molar refractivity (Wildman–Crippen MR) is 79.4 cm³/mol. The third-order valence-electron chi connectivity index (χ3n) is 4.02. The maximum Gasteiger partial charge on any atom is 0.262 e. The van der Waals surface area contributed by atoms with Crippen LogP contribution in [0.4, 0.5) is 5.69 Å². The number of likely N-dealkylation sites (tertiary alicyclic amines) is 1. The monoisotopic (exact) mass is 288 g/mol. The molecule has 0 bridgehead atoms. The number of hydrogen-bond donors (Lipinski definition) is 1. The molecule has 2 amide bonds.